The molecule has 112 valence electrons. The molecule has 1 aliphatic carbocycles. The Kier molecular flexibility index (Phi) is 4.83. The van der Waals surface area contributed by atoms with Crippen LogP contribution in [0.25, 0.3) is 0 Å². The second-order valence-electron chi connectivity index (χ2n) is 5.71. The van der Waals surface area contributed by atoms with Gasteiger partial charge in [0.1, 0.15) is 0 Å². The second kappa shape index (κ2) is 6.24. The molecule has 0 aromatic heterocycles. The first-order valence-corrected chi connectivity index (χ1v) is 8.71. The average molecular weight is 297 g/mol. The lowest BCUT2D eigenvalue weighted by Gasteiger charge is -2.35. The van der Waals surface area contributed by atoms with Crippen LogP contribution in [-0.4, -0.2) is 25.7 Å². The first kappa shape index (κ1) is 15.5. The van der Waals surface area contributed by atoms with Gasteiger partial charge < -0.3 is 5.11 Å². The maximum Gasteiger partial charge on any atom is 0.240 e. The van der Waals surface area contributed by atoms with E-state index in [4.69, 9.17) is 0 Å². The van der Waals surface area contributed by atoms with E-state index in [0.717, 1.165) is 19.3 Å². The van der Waals surface area contributed by atoms with E-state index in [0.29, 0.717) is 18.8 Å². The summed E-state index contributed by atoms with van der Waals surface area (Å²) in [6.07, 6.45) is 4.41. The van der Waals surface area contributed by atoms with Gasteiger partial charge in [0.15, 0.2) is 0 Å². The van der Waals surface area contributed by atoms with Crippen LogP contribution < -0.4 is 4.72 Å². The highest BCUT2D eigenvalue weighted by molar-refractivity contribution is 7.89. The molecule has 0 aliphatic heterocycles. The highest BCUT2D eigenvalue weighted by atomic mass is 32.2. The summed E-state index contributed by atoms with van der Waals surface area (Å²) in [7, 11) is -3.53. The molecule has 4 nitrogen and oxygen atoms in total. The molecule has 1 aromatic rings. The smallest absolute Gasteiger partial charge is 0.240 e. The van der Waals surface area contributed by atoms with E-state index in [1.54, 1.807) is 30.3 Å². The van der Waals surface area contributed by atoms with Crippen molar-refractivity contribution in [2.24, 2.45) is 5.92 Å². The molecule has 0 heterocycles. The van der Waals surface area contributed by atoms with E-state index >= 15 is 0 Å². The minimum Gasteiger partial charge on any atom is -0.389 e. The third kappa shape index (κ3) is 3.81. The van der Waals surface area contributed by atoms with Crippen molar-refractivity contribution in [3.05, 3.63) is 30.3 Å². The molecule has 0 spiro atoms. The molecular formula is C15H23NO3S. The fourth-order valence-corrected chi connectivity index (χ4v) is 3.85. The zero-order chi connectivity index (χ0) is 14.6. The third-order valence-electron chi connectivity index (χ3n) is 4.26. The predicted octanol–water partition coefficient (Wildman–Crippen LogP) is 2.30. The minimum absolute atomic E-state index is 0.0979. The molecular weight excluding hydrogens is 274 g/mol. The van der Waals surface area contributed by atoms with Crippen LogP contribution in [0.5, 0.6) is 0 Å². The Morgan fingerprint density at radius 2 is 1.85 bits per heavy atom. The molecule has 1 saturated carbocycles. The third-order valence-corrected chi connectivity index (χ3v) is 5.68. The molecule has 5 heteroatoms. The van der Waals surface area contributed by atoms with Crippen LogP contribution >= 0.6 is 0 Å². The molecule has 2 N–H and O–H groups in total. The first-order chi connectivity index (χ1) is 9.45. The Bertz CT molecular complexity index is 519. The van der Waals surface area contributed by atoms with Crippen LogP contribution in [0.4, 0.5) is 0 Å². The lowest BCUT2D eigenvalue weighted by atomic mass is 9.78. The van der Waals surface area contributed by atoms with Gasteiger partial charge in [-0.15, -0.1) is 0 Å². The summed E-state index contributed by atoms with van der Waals surface area (Å²) in [5, 5.41) is 10.5. The molecule has 0 atom stereocenters. The van der Waals surface area contributed by atoms with Crippen LogP contribution in [0, 0.1) is 5.92 Å². The SMILES string of the molecule is CCC1CCC(O)(CNS(=O)(=O)c2ccccc2)CC1. The Hall–Kier alpha value is -0.910. The summed E-state index contributed by atoms with van der Waals surface area (Å²) < 4.78 is 26.8. The summed E-state index contributed by atoms with van der Waals surface area (Å²) >= 11 is 0. The van der Waals surface area contributed by atoms with E-state index in [9.17, 15) is 13.5 Å². The lowest BCUT2D eigenvalue weighted by molar-refractivity contribution is -0.00442. The van der Waals surface area contributed by atoms with Gasteiger partial charge in [0.05, 0.1) is 10.5 Å². The lowest BCUT2D eigenvalue weighted by Crippen LogP contribution is -2.45. The Morgan fingerprint density at radius 3 is 2.40 bits per heavy atom. The summed E-state index contributed by atoms with van der Waals surface area (Å²) in [4.78, 5) is 0.242. The molecule has 1 aliphatic rings. The number of aliphatic hydroxyl groups is 1. The van der Waals surface area contributed by atoms with Gasteiger partial charge in [-0.1, -0.05) is 31.5 Å². The molecule has 2 rings (SSSR count). The Morgan fingerprint density at radius 1 is 1.25 bits per heavy atom. The molecule has 0 radical (unpaired) electrons. The van der Waals surface area contributed by atoms with E-state index < -0.39 is 15.6 Å². The van der Waals surface area contributed by atoms with Gasteiger partial charge in [-0.3, -0.25) is 0 Å². The molecule has 0 bridgehead atoms. The van der Waals surface area contributed by atoms with Crippen molar-refractivity contribution in [2.45, 2.75) is 49.5 Å². The number of benzene rings is 1. The summed E-state index contributed by atoms with van der Waals surface area (Å²) in [6, 6.07) is 8.27. The van der Waals surface area contributed by atoms with Gasteiger partial charge in [0.2, 0.25) is 10.0 Å². The van der Waals surface area contributed by atoms with Gasteiger partial charge in [-0.25, -0.2) is 13.1 Å². The van der Waals surface area contributed by atoms with Gasteiger partial charge >= 0.3 is 0 Å². The molecule has 0 amide bonds. The Labute approximate surface area is 121 Å². The molecule has 1 fully saturated rings. The average Bonchev–Trinajstić information content (AvgIpc) is 2.47. The van der Waals surface area contributed by atoms with Crippen molar-refractivity contribution in [3.63, 3.8) is 0 Å². The van der Waals surface area contributed by atoms with Crippen LogP contribution in [0.15, 0.2) is 35.2 Å². The first-order valence-electron chi connectivity index (χ1n) is 7.22. The topological polar surface area (TPSA) is 66.4 Å². The van der Waals surface area contributed by atoms with Crippen molar-refractivity contribution in [1.82, 2.24) is 4.72 Å². The number of rotatable bonds is 5. The van der Waals surface area contributed by atoms with Gasteiger partial charge in [-0.05, 0) is 43.7 Å². The van der Waals surface area contributed by atoms with E-state index in [2.05, 4.69) is 11.6 Å². The second-order valence-corrected chi connectivity index (χ2v) is 7.48. The van der Waals surface area contributed by atoms with Crippen LogP contribution in [0.3, 0.4) is 0 Å². The molecule has 1 aromatic carbocycles. The van der Waals surface area contributed by atoms with Crippen LogP contribution in [0.2, 0.25) is 0 Å². The maximum absolute atomic E-state index is 12.1. The van der Waals surface area contributed by atoms with Crippen molar-refractivity contribution < 1.29 is 13.5 Å². The van der Waals surface area contributed by atoms with Gasteiger partial charge in [0, 0.05) is 6.54 Å². The molecule has 0 saturated heterocycles. The highest BCUT2D eigenvalue weighted by Gasteiger charge is 2.33. The summed E-state index contributed by atoms with van der Waals surface area (Å²) in [6.45, 7) is 2.26. The monoisotopic (exact) mass is 297 g/mol. The molecule has 0 unspecified atom stereocenters. The zero-order valence-corrected chi connectivity index (χ0v) is 12.7. The normalized spacial score (nSPS) is 27.4. The number of sulfonamides is 1. The number of hydrogen-bond donors (Lipinski definition) is 2. The van der Waals surface area contributed by atoms with Crippen molar-refractivity contribution >= 4 is 10.0 Å². The quantitative estimate of drug-likeness (QED) is 0.876. The van der Waals surface area contributed by atoms with Crippen LogP contribution in [-0.2, 0) is 10.0 Å². The fraction of sp³-hybridized carbons (Fsp3) is 0.600. The summed E-state index contributed by atoms with van der Waals surface area (Å²) in [5.41, 5.74) is -0.895. The van der Waals surface area contributed by atoms with Crippen LogP contribution in [0.1, 0.15) is 39.0 Å². The van der Waals surface area contributed by atoms with Gasteiger partial charge in [-0.2, -0.15) is 0 Å². The largest absolute Gasteiger partial charge is 0.389 e. The van der Waals surface area contributed by atoms with E-state index in [1.165, 1.54) is 0 Å². The van der Waals surface area contributed by atoms with Gasteiger partial charge in [0.25, 0.3) is 0 Å². The van der Waals surface area contributed by atoms with Crippen molar-refractivity contribution in [1.29, 1.82) is 0 Å². The highest BCUT2D eigenvalue weighted by Crippen LogP contribution is 2.33. The standard InChI is InChI=1S/C15H23NO3S/c1-2-13-8-10-15(17,11-9-13)12-16-20(18,19)14-6-4-3-5-7-14/h3-7,13,16-17H,2,8-12H2,1H3. The number of nitrogens with one attached hydrogen (secondary N) is 1. The predicted molar refractivity (Wildman–Crippen MR) is 78.8 cm³/mol. The maximum atomic E-state index is 12.1. The Balaban J connectivity index is 1.95. The fourth-order valence-electron chi connectivity index (χ4n) is 2.71. The molecule has 20 heavy (non-hydrogen) atoms. The van der Waals surface area contributed by atoms with E-state index in [-0.39, 0.29) is 11.4 Å². The number of hydrogen-bond acceptors (Lipinski definition) is 3. The van der Waals surface area contributed by atoms with E-state index in [1.807, 2.05) is 0 Å². The summed E-state index contributed by atoms with van der Waals surface area (Å²) in [5.74, 6) is 0.668. The minimum atomic E-state index is -3.53. The zero-order valence-electron chi connectivity index (χ0n) is 11.9. The van der Waals surface area contributed by atoms with Crippen molar-refractivity contribution in [3.8, 4) is 0 Å². The van der Waals surface area contributed by atoms with Crippen molar-refractivity contribution in [2.75, 3.05) is 6.54 Å².